The number of aryl methyl sites for hydroxylation is 1. The maximum Gasteiger partial charge on any atom is 0.314 e. The minimum Gasteiger partial charge on any atom is -0.374 e. The molecule has 4 aliphatic rings. The molecule has 33 heavy (non-hydrogen) atoms. The van der Waals surface area contributed by atoms with Crippen molar-refractivity contribution in [1.82, 2.24) is 10.3 Å². The summed E-state index contributed by atoms with van der Waals surface area (Å²) in [5.74, 6) is 0. The van der Waals surface area contributed by atoms with Gasteiger partial charge in [0.1, 0.15) is 0 Å². The lowest BCUT2D eigenvalue weighted by Crippen LogP contribution is -2.36. The van der Waals surface area contributed by atoms with Crippen LogP contribution in [0.5, 0.6) is 0 Å². The standard InChI is InChI=1S/C27H33N4OP/c1-27(2)19-23-26(25(20-27)29-16-8-9-17-29)33(32,31(28-23)22-13-4-3-5-14-22)30-18-10-12-21-11-6-7-15-24(21)30/h3-7,11,13-15,19,28H,8-10,12,16-18,20H2,1-2H3/t33-/m0/s1. The van der Waals surface area contributed by atoms with Crippen LogP contribution in [0.4, 0.5) is 11.4 Å². The zero-order valence-corrected chi connectivity index (χ0v) is 20.5. The van der Waals surface area contributed by atoms with Gasteiger partial charge in [-0.05, 0) is 61.3 Å². The molecule has 2 saturated heterocycles. The Balaban J connectivity index is 1.60. The minimum atomic E-state index is -3.18. The van der Waals surface area contributed by atoms with Crippen LogP contribution >= 0.6 is 7.44 Å². The Morgan fingerprint density at radius 1 is 0.909 bits per heavy atom. The molecule has 6 rings (SSSR count). The third-order valence-electron chi connectivity index (χ3n) is 7.38. The van der Waals surface area contributed by atoms with E-state index in [1.807, 2.05) is 23.0 Å². The van der Waals surface area contributed by atoms with Crippen LogP contribution in [0.1, 0.15) is 45.1 Å². The predicted molar refractivity (Wildman–Crippen MR) is 136 cm³/mol. The number of likely N-dealkylation sites (tertiary alicyclic amines) is 1. The lowest BCUT2D eigenvalue weighted by Gasteiger charge is -2.41. The van der Waals surface area contributed by atoms with Crippen LogP contribution in [-0.4, -0.2) is 24.5 Å². The second-order valence-electron chi connectivity index (χ2n) is 10.4. The zero-order chi connectivity index (χ0) is 22.6. The fourth-order valence-corrected chi connectivity index (χ4v) is 9.17. The number of para-hydroxylation sites is 2. The van der Waals surface area contributed by atoms with E-state index in [4.69, 9.17) is 0 Å². The summed E-state index contributed by atoms with van der Waals surface area (Å²) in [5.41, 5.74) is 9.34. The van der Waals surface area contributed by atoms with E-state index in [0.717, 1.165) is 61.3 Å². The molecule has 1 N–H and O–H groups in total. The van der Waals surface area contributed by atoms with Crippen LogP contribution in [0.3, 0.4) is 0 Å². The Kier molecular flexibility index (Phi) is 4.88. The van der Waals surface area contributed by atoms with Crippen molar-refractivity contribution in [2.75, 3.05) is 29.1 Å². The number of hydrogen-bond donors (Lipinski definition) is 1. The number of fused-ring (bicyclic) bond motifs is 2. The molecule has 0 radical (unpaired) electrons. The summed E-state index contributed by atoms with van der Waals surface area (Å²) < 4.78 is 19.9. The maximum absolute atomic E-state index is 15.7. The molecule has 0 unspecified atom stereocenters. The first-order valence-electron chi connectivity index (χ1n) is 12.3. The molecule has 3 aliphatic heterocycles. The normalized spacial score (nSPS) is 26.1. The van der Waals surface area contributed by atoms with Crippen molar-refractivity contribution in [2.24, 2.45) is 5.41 Å². The number of hydrazine groups is 1. The number of nitrogens with zero attached hydrogens (tertiary/aromatic N) is 3. The Labute approximate surface area is 197 Å². The monoisotopic (exact) mass is 460 g/mol. The number of allylic oxidation sites excluding steroid dienone is 3. The van der Waals surface area contributed by atoms with Gasteiger partial charge >= 0.3 is 7.44 Å². The first kappa shape index (κ1) is 20.9. The quantitative estimate of drug-likeness (QED) is 0.546. The Morgan fingerprint density at radius 2 is 1.64 bits per heavy atom. The van der Waals surface area contributed by atoms with Gasteiger partial charge in [0.25, 0.3) is 0 Å². The van der Waals surface area contributed by atoms with Gasteiger partial charge in [0, 0.05) is 31.0 Å². The first-order valence-corrected chi connectivity index (χ1v) is 13.9. The van der Waals surface area contributed by atoms with Gasteiger partial charge in [0.2, 0.25) is 0 Å². The molecule has 1 aliphatic carbocycles. The molecule has 0 bridgehead atoms. The van der Waals surface area contributed by atoms with E-state index < -0.39 is 7.44 Å². The topological polar surface area (TPSA) is 38.8 Å². The molecule has 3 heterocycles. The summed E-state index contributed by atoms with van der Waals surface area (Å²) in [4.78, 5) is 2.52. The van der Waals surface area contributed by atoms with Crippen LogP contribution < -0.4 is 14.9 Å². The van der Waals surface area contributed by atoms with E-state index >= 15 is 4.57 Å². The van der Waals surface area contributed by atoms with Gasteiger partial charge in [-0.2, -0.15) is 0 Å². The van der Waals surface area contributed by atoms with E-state index in [1.165, 1.54) is 24.1 Å². The Hall–Kier alpha value is -2.65. The molecule has 0 saturated carbocycles. The molecule has 2 fully saturated rings. The highest BCUT2D eigenvalue weighted by molar-refractivity contribution is 7.72. The fraction of sp³-hybridized carbons (Fsp3) is 0.407. The van der Waals surface area contributed by atoms with Crippen LogP contribution in [0.25, 0.3) is 0 Å². The highest BCUT2D eigenvalue weighted by atomic mass is 31.2. The van der Waals surface area contributed by atoms with Crippen molar-refractivity contribution in [3.05, 3.63) is 82.9 Å². The summed E-state index contributed by atoms with van der Waals surface area (Å²) in [6, 6.07) is 18.7. The number of hydrogen-bond acceptors (Lipinski definition) is 3. The maximum atomic E-state index is 15.7. The molecule has 5 nitrogen and oxygen atoms in total. The van der Waals surface area contributed by atoms with Crippen LogP contribution in [-0.2, 0) is 11.0 Å². The van der Waals surface area contributed by atoms with Crippen molar-refractivity contribution < 1.29 is 4.57 Å². The van der Waals surface area contributed by atoms with Gasteiger partial charge in [-0.3, -0.25) is 9.99 Å². The van der Waals surface area contributed by atoms with Crippen LogP contribution in [0.15, 0.2) is 77.4 Å². The van der Waals surface area contributed by atoms with Crippen molar-refractivity contribution in [2.45, 2.75) is 46.0 Å². The SMILES string of the molecule is CC1(C)C=C2NN(c3ccccc3)[P@@](=O)(N3CCCc4ccccc43)C2=C(N2CCCC2)C1. The minimum absolute atomic E-state index is 0.0150. The summed E-state index contributed by atoms with van der Waals surface area (Å²) in [6.45, 7) is 7.50. The highest BCUT2D eigenvalue weighted by Crippen LogP contribution is 2.70. The second-order valence-corrected chi connectivity index (χ2v) is 12.8. The summed E-state index contributed by atoms with van der Waals surface area (Å²) in [7, 11) is -3.18. The van der Waals surface area contributed by atoms with Crippen molar-refractivity contribution in [3.63, 3.8) is 0 Å². The van der Waals surface area contributed by atoms with E-state index in [2.05, 4.69) is 71.3 Å². The van der Waals surface area contributed by atoms with E-state index in [0.29, 0.717) is 0 Å². The summed E-state index contributed by atoms with van der Waals surface area (Å²) in [6.07, 6.45) is 7.72. The molecule has 0 amide bonds. The second kappa shape index (κ2) is 7.70. The Morgan fingerprint density at radius 3 is 2.42 bits per heavy atom. The molecule has 1 atom stereocenters. The van der Waals surface area contributed by atoms with E-state index in [9.17, 15) is 0 Å². The number of rotatable bonds is 3. The fourth-order valence-electron chi connectivity index (χ4n) is 5.94. The zero-order valence-electron chi connectivity index (χ0n) is 19.6. The van der Waals surface area contributed by atoms with E-state index in [-0.39, 0.29) is 5.41 Å². The lowest BCUT2D eigenvalue weighted by atomic mass is 9.83. The number of nitrogens with one attached hydrogen (secondary N) is 1. The summed E-state index contributed by atoms with van der Waals surface area (Å²) >= 11 is 0. The van der Waals surface area contributed by atoms with Crippen molar-refractivity contribution in [1.29, 1.82) is 0 Å². The highest BCUT2D eigenvalue weighted by Gasteiger charge is 2.54. The smallest absolute Gasteiger partial charge is 0.314 e. The lowest BCUT2D eigenvalue weighted by molar-refractivity contribution is 0.344. The average Bonchev–Trinajstić information content (AvgIpc) is 3.45. The van der Waals surface area contributed by atoms with Gasteiger partial charge < -0.3 is 9.57 Å². The molecule has 2 aromatic carbocycles. The largest absolute Gasteiger partial charge is 0.374 e. The number of benzene rings is 2. The molecule has 0 spiro atoms. The first-order chi connectivity index (χ1) is 16.0. The van der Waals surface area contributed by atoms with Crippen molar-refractivity contribution >= 4 is 18.8 Å². The predicted octanol–water partition coefficient (Wildman–Crippen LogP) is 6.28. The molecular formula is C27H33N4OP. The third-order valence-corrected chi connectivity index (χ3v) is 10.4. The van der Waals surface area contributed by atoms with Gasteiger partial charge in [-0.25, -0.2) is 4.78 Å². The van der Waals surface area contributed by atoms with Gasteiger partial charge in [-0.15, -0.1) is 0 Å². The van der Waals surface area contributed by atoms with Crippen LogP contribution in [0, 0.1) is 5.41 Å². The van der Waals surface area contributed by atoms with E-state index in [1.54, 1.807) is 0 Å². The molecule has 2 aromatic rings. The number of anilines is 2. The summed E-state index contributed by atoms with van der Waals surface area (Å²) in [5, 5.41) is 1.03. The van der Waals surface area contributed by atoms with Gasteiger partial charge in [-0.1, -0.05) is 56.3 Å². The third kappa shape index (κ3) is 3.32. The molecule has 0 aromatic heterocycles. The molecular weight excluding hydrogens is 427 g/mol. The van der Waals surface area contributed by atoms with Crippen molar-refractivity contribution in [3.8, 4) is 0 Å². The average molecular weight is 461 g/mol. The van der Waals surface area contributed by atoms with Crippen LogP contribution in [0.2, 0.25) is 0 Å². The van der Waals surface area contributed by atoms with Gasteiger partial charge in [0.15, 0.2) is 0 Å². The Bertz CT molecular complexity index is 1180. The van der Waals surface area contributed by atoms with Gasteiger partial charge in [0.05, 0.1) is 16.7 Å². The molecule has 172 valence electrons. The molecule has 6 heteroatoms.